The zero-order chi connectivity index (χ0) is 13.5. The Balaban J connectivity index is 1.89. The van der Waals surface area contributed by atoms with E-state index < -0.39 is 0 Å². The molecule has 0 spiro atoms. The first-order valence-electron chi connectivity index (χ1n) is 7.61. The van der Waals surface area contributed by atoms with E-state index in [1.807, 2.05) is 6.20 Å². The molecular weight excluding hydrogens is 300 g/mol. The van der Waals surface area contributed by atoms with E-state index in [1.165, 1.54) is 44.2 Å². The predicted octanol–water partition coefficient (Wildman–Crippen LogP) is 4.34. The van der Waals surface area contributed by atoms with Gasteiger partial charge in [-0.1, -0.05) is 39.0 Å². The highest BCUT2D eigenvalue weighted by atomic mass is 79.9. The van der Waals surface area contributed by atoms with E-state index in [-0.39, 0.29) is 0 Å². The van der Waals surface area contributed by atoms with Crippen LogP contribution in [0.2, 0.25) is 0 Å². The molecule has 2 rings (SSSR count). The Morgan fingerprint density at radius 2 is 2.11 bits per heavy atom. The summed E-state index contributed by atoms with van der Waals surface area (Å²) in [6.07, 6.45) is 11.4. The summed E-state index contributed by atoms with van der Waals surface area (Å²) < 4.78 is 1.06. The molecule has 1 unspecified atom stereocenters. The van der Waals surface area contributed by atoms with Crippen molar-refractivity contribution in [1.29, 1.82) is 0 Å². The Bertz CT molecular complexity index is 358. The highest BCUT2D eigenvalue weighted by Crippen LogP contribution is 2.28. The number of halogens is 1. The average molecular weight is 325 g/mol. The fraction of sp³-hybridized carbons (Fsp3) is 0.688. The number of nitrogens with one attached hydrogen (secondary N) is 1. The minimum absolute atomic E-state index is 0.585. The number of likely N-dealkylation sites (N-methyl/N-ethyl adjacent to an activating group) is 1. The summed E-state index contributed by atoms with van der Waals surface area (Å²) in [6, 6.07) is 4.81. The van der Waals surface area contributed by atoms with E-state index >= 15 is 0 Å². The van der Waals surface area contributed by atoms with Gasteiger partial charge in [-0.05, 0) is 46.9 Å². The Morgan fingerprint density at radius 3 is 2.74 bits per heavy atom. The van der Waals surface area contributed by atoms with Gasteiger partial charge < -0.3 is 5.32 Å². The van der Waals surface area contributed by atoms with Gasteiger partial charge in [-0.15, -0.1) is 0 Å². The quantitative estimate of drug-likeness (QED) is 0.842. The lowest BCUT2D eigenvalue weighted by atomic mass is 9.84. The molecule has 0 bridgehead atoms. The molecule has 3 heteroatoms. The van der Waals surface area contributed by atoms with Crippen LogP contribution in [0, 0.1) is 5.92 Å². The topological polar surface area (TPSA) is 24.9 Å². The molecule has 1 fully saturated rings. The highest BCUT2D eigenvalue weighted by molar-refractivity contribution is 9.10. The maximum Gasteiger partial charge on any atom is 0.0419 e. The lowest BCUT2D eigenvalue weighted by molar-refractivity contribution is 0.297. The molecule has 0 saturated heterocycles. The summed E-state index contributed by atoms with van der Waals surface area (Å²) in [7, 11) is 0. The molecule has 0 amide bonds. The van der Waals surface area contributed by atoms with E-state index in [0.717, 1.165) is 23.4 Å². The van der Waals surface area contributed by atoms with Crippen LogP contribution in [0.3, 0.4) is 0 Å². The summed E-state index contributed by atoms with van der Waals surface area (Å²) >= 11 is 3.44. The number of aromatic nitrogens is 1. The monoisotopic (exact) mass is 324 g/mol. The zero-order valence-corrected chi connectivity index (χ0v) is 13.5. The van der Waals surface area contributed by atoms with Crippen molar-refractivity contribution >= 4 is 15.9 Å². The van der Waals surface area contributed by atoms with Crippen molar-refractivity contribution in [1.82, 2.24) is 10.3 Å². The third-order valence-electron chi connectivity index (χ3n) is 4.08. The smallest absolute Gasteiger partial charge is 0.0419 e. The molecule has 1 aliphatic rings. The molecule has 1 N–H and O–H groups in total. The molecule has 1 aromatic heterocycles. The summed E-state index contributed by atoms with van der Waals surface area (Å²) in [4.78, 5) is 4.51. The molecule has 1 aromatic rings. The standard InChI is InChI=1S/C16H25BrN2/c1-2-18-16(10-13-6-4-3-5-7-13)11-15-9-8-14(17)12-19-15/h8-9,12-13,16,18H,2-7,10-11H2,1H3. The van der Waals surface area contributed by atoms with Crippen LogP contribution in [-0.2, 0) is 6.42 Å². The number of nitrogens with zero attached hydrogens (tertiary/aromatic N) is 1. The first kappa shape index (κ1) is 15.0. The molecule has 0 aromatic carbocycles. The van der Waals surface area contributed by atoms with Crippen LogP contribution >= 0.6 is 15.9 Å². The van der Waals surface area contributed by atoms with E-state index in [9.17, 15) is 0 Å². The Hall–Kier alpha value is -0.410. The van der Waals surface area contributed by atoms with Crippen molar-refractivity contribution < 1.29 is 0 Å². The molecule has 1 atom stereocenters. The SMILES string of the molecule is CCNC(Cc1ccc(Br)cn1)CC1CCCCC1. The van der Waals surface area contributed by atoms with Crippen LogP contribution in [0.15, 0.2) is 22.8 Å². The molecule has 1 aliphatic carbocycles. The molecule has 0 aliphatic heterocycles. The van der Waals surface area contributed by atoms with Gasteiger partial charge in [0.2, 0.25) is 0 Å². The van der Waals surface area contributed by atoms with Crippen molar-refractivity contribution in [2.75, 3.05) is 6.54 Å². The number of hydrogen-bond donors (Lipinski definition) is 1. The third kappa shape index (κ3) is 5.23. The van der Waals surface area contributed by atoms with Crippen LogP contribution in [0.4, 0.5) is 0 Å². The minimum atomic E-state index is 0.585. The van der Waals surface area contributed by atoms with Gasteiger partial charge in [0.25, 0.3) is 0 Å². The van der Waals surface area contributed by atoms with Crippen LogP contribution < -0.4 is 5.32 Å². The molecule has 1 heterocycles. The number of pyridine rings is 1. The Morgan fingerprint density at radius 1 is 1.32 bits per heavy atom. The van der Waals surface area contributed by atoms with Crippen molar-refractivity contribution in [3.63, 3.8) is 0 Å². The lowest BCUT2D eigenvalue weighted by Crippen LogP contribution is -2.33. The Labute approximate surface area is 125 Å². The zero-order valence-electron chi connectivity index (χ0n) is 11.9. The van der Waals surface area contributed by atoms with Gasteiger partial charge >= 0.3 is 0 Å². The second kappa shape index (κ2) is 8.01. The first-order chi connectivity index (χ1) is 9.28. The summed E-state index contributed by atoms with van der Waals surface area (Å²) in [6.45, 7) is 3.25. The van der Waals surface area contributed by atoms with Gasteiger partial charge in [0.1, 0.15) is 0 Å². The predicted molar refractivity (Wildman–Crippen MR) is 84.3 cm³/mol. The highest BCUT2D eigenvalue weighted by Gasteiger charge is 2.19. The van der Waals surface area contributed by atoms with Crippen molar-refractivity contribution in [2.24, 2.45) is 5.92 Å². The maximum atomic E-state index is 4.51. The maximum absolute atomic E-state index is 4.51. The molecule has 19 heavy (non-hydrogen) atoms. The van der Waals surface area contributed by atoms with Crippen LogP contribution in [0.25, 0.3) is 0 Å². The molecule has 1 saturated carbocycles. The normalized spacial score (nSPS) is 18.4. The second-order valence-electron chi connectivity index (χ2n) is 5.67. The van der Waals surface area contributed by atoms with Crippen LogP contribution in [-0.4, -0.2) is 17.6 Å². The van der Waals surface area contributed by atoms with Crippen molar-refractivity contribution in [2.45, 2.75) is 57.9 Å². The van der Waals surface area contributed by atoms with E-state index in [4.69, 9.17) is 0 Å². The van der Waals surface area contributed by atoms with E-state index in [2.05, 4.69) is 45.3 Å². The largest absolute Gasteiger partial charge is 0.314 e. The molecular formula is C16H25BrN2. The van der Waals surface area contributed by atoms with Crippen LogP contribution in [0.5, 0.6) is 0 Å². The van der Waals surface area contributed by atoms with Gasteiger partial charge in [0.05, 0.1) is 0 Å². The van der Waals surface area contributed by atoms with E-state index in [0.29, 0.717) is 6.04 Å². The summed E-state index contributed by atoms with van der Waals surface area (Å²) in [5, 5.41) is 3.64. The number of rotatable bonds is 6. The van der Waals surface area contributed by atoms with Crippen molar-refractivity contribution in [3.8, 4) is 0 Å². The fourth-order valence-corrected chi connectivity index (χ4v) is 3.37. The van der Waals surface area contributed by atoms with Crippen LogP contribution in [0.1, 0.15) is 51.1 Å². The molecule has 2 nitrogen and oxygen atoms in total. The van der Waals surface area contributed by atoms with Gasteiger partial charge in [0.15, 0.2) is 0 Å². The van der Waals surface area contributed by atoms with E-state index in [1.54, 1.807) is 0 Å². The van der Waals surface area contributed by atoms with Gasteiger partial charge in [0, 0.05) is 28.8 Å². The molecule has 106 valence electrons. The first-order valence-corrected chi connectivity index (χ1v) is 8.41. The minimum Gasteiger partial charge on any atom is -0.314 e. The summed E-state index contributed by atoms with van der Waals surface area (Å²) in [5.41, 5.74) is 1.20. The number of hydrogen-bond acceptors (Lipinski definition) is 2. The van der Waals surface area contributed by atoms with Gasteiger partial charge in [-0.25, -0.2) is 0 Å². The average Bonchev–Trinajstić information content (AvgIpc) is 2.43. The fourth-order valence-electron chi connectivity index (χ4n) is 3.13. The van der Waals surface area contributed by atoms with Gasteiger partial charge in [-0.2, -0.15) is 0 Å². The Kier molecular flexibility index (Phi) is 6.32. The lowest BCUT2D eigenvalue weighted by Gasteiger charge is -2.27. The third-order valence-corrected chi connectivity index (χ3v) is 4.55. The summed E-state index contributed by atoms with van der Waals surface area (Å²) in [5.74, 6) is 0.924. The molecule has 0 radical (unpaired) electrons. The van der Waals surface area contributed by atoms with Gasteiger partial charge in [-0.3, -0.25) is 4.98 Å². The second-order valence-corrected chi connectivity index (χ2v) is 6.58. The van der Waals surface area contributed by atoms with Crippen molar-refractivity contribution in [3.05, 3.63) is 28.5 Å².